The Kier molecular flexibility index (Phi) is 5.14. The lowest BCUT2D eigenvalue weighted by Gasteiger charge is -2.14. The third-order valence-electron chi connectivity index (χ3n) is 3.83. The molecule has 1 heterocycles. The molecule has 2 aromatic carbocycles. The topological polar surface area (TPSA) is 96.3 Å². The van der Waals surface area contributed by atoms with Crippen LogP contribution in [0.4, 0.5) is 11.8 Å². The molecule has 4 N–H and O–H groups in total. The van der Waals surface area contributed by atoms with Crippen molar-refractivity contribution in [1.29, 1.82) is 0 Å². The van der Waals surface area contributed by atoms with Gasteiger partial charge in [0.2, 0.25) is 5.95 Å². The van der Waals surface area contributed by atoms with E-state index >= 15 is 0 Å². The van der Waals surface area contributed by atoms with E-state index in [2.05, 4.69) is 9.97 Å². The highest BCUT2D eigenvalue weighted by atomic mass is 35.5. The molecule has 1 aromatic heterocycles. The van der Waals surface area contributed by atoms with Crippen molar-refractivity contribution >= 4 is 23.4 Å². The molecule has 0 spiro atoms. The van der Waals surface area contributed by atoms with E-state index in [1.165, 1.54) is 0 Å². The molecule has 0 fully saturated rings. The molecule has 7 heteroatoms. The van der Waals surface area contributed by atoms with Crippen molar-refractivity contribution in [3.05, 3.63) is 47.5 Å². The van der Waals surface area contributed by atoms with Gasteiger partial charge in [0.05, 0.1) is 30.0 Å². The second-order valence-electron chi connectivity index (χ2n) is 5.50. The summed E-state index contributed by atoms with van der Waals surface area (Å²) in [6.45, 7) is 2.54. The zero-order valence-electron chi connectivity index (χ0n) is 14.5. The first-order valence-corrected chi connectivity index (χ1v) is 8.41. The second-order valence-corrected chi connectivity index (χ2v) is 5.90. The van der Waals surface area contributed by atoms with E-state index in [1.54, 1.807) is 19.2 Å². The Labute approximate surface area is 156 Å². The van der Waals surface area contributed by atoms with Crippen LogP contribution in [0.1, 0.15) is 6.92 Å². The second kappa shape index (κ2) is 7.49. The van der Waals surface area contributed by atoms with Gasteiger partial charge in [-0.1, -0.05) is 17.7 Å². The number of halogens is 1. The minimum atomic E-state index is 0.106. The number of methoxy groups -OCH3 is 1. The minimum Gasteiger partial charge on any atom is -0.495 e. The summed E-state index contributed by atoms with van der Waals surface area (Å²) < 4.78 is 10.7. The number of nitrogens with zero attached hydrogens (tertiary/aromatic N) is 2. The van der Waals surface area contributed by atoms with Crippen molar-refractivity contribution in [1.82, 2.24) is 9.97 Å². The number of benzene rings is 2. The molecule has 0 radical (unpaired) electrons. The molecule has 0 unspecified atom stereocenters. The maximum Gasteiger partial charge on any atom is 0.222 e. The third kappa shape index (κ3) is 3.50. The van der Waals surface area contributed by atoms with E-state index in [0.717, 1.165) is 16.9 Å². The average Bonchev–Trinajstić information content (AvgIpc) is 2.62. The SMILES string of the molecule is CCOc1ccc(-c2nc(N)nc(N)c2-c2ccc(OC)c(Cl)c2)cc1. The zero-order valence-corrected chi connectivity index (χ0v) is 15.2. The standard InChI is InChI=1S/C19H19ClN4O2/c1-3-26-13-7-4-11(5-8-13)17-16(18(21)24-19(22)23-17)12-6-9-15(25-2)14(20)10-12/h4-10H,3H2,1-2H3,(H4,21,22,23,24). The predicted octanol–water partition coefficient (Wildman–Crippen LogP) is 4.04. The lowest BCUT2D eigenvalue weighted by molar-refractivity contribution is 0.340. The van der Waals surface area contributed by atoms with Crippen molar-refractivity contribution in [2.45, 2.75) is 6.92 Å². The molecular weight excluding hydrogens is 352 g/mol. The van der Waals surface area contributed by atoms with Crippen LogP contribution in [0, 0.1) is 0 Å². The van der Waals surface area contributed by atoms with Gasteiger partial charge in [-0.25, -0.2) is 4.98 Å². The van der Waals surface area contributed by atoms with E-state index < -0.39 is 0 Å². The van der Waals surface area contributed by atoms with Crippen LogP contribution in [0.25, 0.3) is 22.4 Å². The first kappa shape index (κ1) is 17.8. The van der Waals surface area contributed by atoms with Crippen molar-refractivity contribution in [3.63, 3.8) is 0 Å². The molecule has 0 bridgehead atoms. The van der Waals surface area contributed by atoms with Gasteiger partial charge >= 0.3 is 0 Å². The summed E-state index contributed by atoms with van der Waals surface area (Å²) >= 11 is 6.27. The zero-order chi connectivity index (χ0) is 18.7. The lowest BCUT2D eigenvalue weighted by Crippen LogP contribution is -2.04. The van der Waals surface area contributed by atoms with Gasteiger partial charge in [-0.05, 0) is 48.9 Å². The molecule has 0 saturated carbocycles. The molecule has 0 atom stereocenters. The van der Waals surface area contributed by atoms with E-state index in [-0.39, 0.29) is 11.8 Å². The van der Waals surface area contributed by atoms with E-state index in [0.29, 0.717) is 28.6 Å². The monoisotopic (exact) mass is 370 g/mol. The van der Waals surface area contributed by atoms with Gasteiger partial charge in [0.15, 0.2) is 0 Å². The van der Waals surface area contributed by atoms with Crippen LogP contribution in [0.15, 0.2) is 42.5 Å². The summed E-state index contributed by atoms with van der Waals surface area (Å²) in [4.78, 5) is 8.50. The van der Waals surface area contributed by atoms with Crippen molar-refractivity contribution in [3.8, 4) is 33.9 Å². The summed E-state index contributed by atoms with van der Waals surface area (Å²) in [7, 11) is 1.56. The van der Waals surface area contributed by atoms with Crippen LogP contribution in [0.3, 0.4) is 0 Å². The van der Waals surface area contributed by atoms with Crippen molar-refractivity contribution < 1.29 is 9.47 Å². The van der Waals surface area contributed by atoms with Gasteiger partial charge in [0, 0.05) is 5.56 Å². The molecule has 134 valence electrons. The van der Waals surface area contributed by atoms with Crippen molar-refractivity contribution in [2.24, 2.45) is 0 Å². The fourth-order valence-electron chi connectivity index (χ4n) is 2.69. The Bertz CT molecular complexity index is 930. The van der Waals surface area contributed by atoms with Crippen LogP contribution in [0.5, 0.6) is 11.5 Å². The highest BCUT2D eigenvalue weighted by Gasteiger charge is 2.17. The average molecular weight is 371 g/mol. The van der Waals surface area contributed by atoms with Crippen LogP contribution in [0.2, 0.25) is 5.02 Å². The highest BCUT2D eigenvalue weighted by Crippen LogP contribution is 2.38. The maximum atomic E-state index is 6.27. The molecule has 6 nitrogen and oxygen atoms in total. The summed E-state index contributed by atoms with van der Waals surface area (Å²) in [5.41, 5.74) is 14.9. The quantitative estimate of drug-likeness (QED) is 0.703. The summed E-state index contributed by atoms with van der Waals surface area (Å²) in [5, 5.41) is 0.471. The first-order chi connectivity index (χ1) is 12.5. The minimum absolute atomic E-state index is 0.106. The highest BCUT2D eigenvalue weighted by molar-refractivity contribution is 6.32. The van der Waals surface area contributed by atoms with Crippen molar-refractivity contribution in [2.75, 3.05) is 25.2 Å². The van der Waals surface area contributed by atoms with Gasteiger partial charge in [-0.2, -0.15) is 4.98 Å². The maximum absolute atomic E-state index is 6.27. The molecular formula is C19H19ClN4O2. The van der Waals surface area contributed by atoms with Gasteiger partial charge in [0.1, 0.15) is 17.3 Å². The third-order valence-corrected chi connectivity index (χ3v) is 4.13. The molecule has 3 rings (SSSR count). The number of ether oxygens (including phenoxy) is 2. The van der Waals surface area contributed by atoms with Crippen LogP contribution < -0.4 is 20.9 Å². The molecule has 0 saturated heterocycles. The Balaban J connectivity index is 2.15. The van der Waals surface area contributed by atoms with Gasteiger partial charge in [-0.3, -0.25) is 0 Å². The first-order valence-electron chi connectivity index (χ1n) is 8.03. The molecule has 0 aliphatic rings. The van der Waals surface area contributed by atoms with Crippen LogP contribution >= 0.6 is 11.6 Å². The molecule has 0 aliphatic heterocycles. The fraction of sp³-hybridized carbons (Fsp3) is 0.158. The van der Waals surface area contributed by atoms with E-state index in [9.17, 15) is 0 Å². The van der Waals surface area contributed by atoms with E-state index in [1.807, 2.05) is 37.3 Å². The number of nitrogen functional groups attached to an aromatic ring is 2. The van der Waals surface area contributed by atoms with E-state index in [4.69, 9.17) is 32.5 Å². The fourth-order valence-corrected chi connectivity index (χ4v) is 2.94. The number of hydrogen-bond acceptors (Lipinski definition) is 6. The van der Waals surface area contributed by atoms with Gasteiger partial charge in [-0.15, -0.1) is 0 Å². The smallest absolute Gasteiger partial charge is 0.222 e. The van der Waals surface area contributed by atoms with Crippen LogP contribution in [-0.4, -0.2) is 23.7 Å². The number of nitrogens with two attached hydrogens (primary N) is 2. The Morgan fingerprint density at radius 2 is 1.69 bits per heavy atom. The number of hydrogen-bond donors (Lipinski definition) is 2. The van der Waals surface area contributed by atoms with Gasteiger partial charge < -0.3 is 20.9 Å². The molecule has 26 heavy (non-hydrogen) atoms. The summed E-state index contributed by atoms with van der Waals surface area (Å²) in [5.74, 6) is 1.74. The number of aromatic nitrogens is 2. The summed E-state index contributed by atoms with van der Waals surface area (Å²) in [6, 6.07) is 12.9. The number of rotatable bonds is 5. The molecule has 0 amide bonds. The Hall–Kier alpha value is -2.99. The predicted molar refractivity (Wildman–Crippen MR) is 104 cm³/mol. The molecule has 3 aromatic rings. The summed E-state index contributed by atoms with van der Waals surface area (Å²) in [6.07, 6.45) is 0. The Morgan fingerprint density at radius 1 is 1.00 bits per heavy atom. The van der Waals surface area contributed by atoms with Crippen LogP contribution in [-0.2, 0) is 0 Å². The number of anilines is 2. The Morgan fingerprint density at radius 3 is 2.31 bits per heavy atom. The normalized spacial score (nSPS) is 10.6. The lowest BCUT2D eigenvalue weighted by atomic mass is 9.99. The largest absolute Gasteiger partial charge is 0.495 e. The van der Waals surface area contributed by atoms with Gasteiger partial charge in [0.25, 0.3) is 0 Å². The molecule has 0 aliphatic carbocycles.